The van der Waals surface area contributed by atoms with Crippen LogP contribution in [0, 0.1) is 25.2 Å². The number of hydrogen-bond acceptors (Lipinski definition) is 6. The van der Waals surface area contributed by atoms with Gasteiger partial charge in [-0.05, 0) is 43.7 Å². The third-order valence-electron chi connectivity index (χ3n) is 4.46. The van der Waals surface area contributed by atoms with E-state index in [9.17, 15) is 10.1 Å². The number of aryl methyl sites for hydroxylation is 1. The maximum atomic E-state index is 12.1. The third kappa shape index (κ3) is 3.24. The first kappa shape index (κ1) is 16.4. The monoisotopic (exact) mass is 341 g/mol. The largest absolute Gasteiger partial charge is 0.354 e. The molecule has 2 aromatic rings. The van der Waals surface area contributed by atoms with E-state index >= 15 is 0 Å². The number of amides is 1. The van der Waals surface area contributed by atoms with Crippen molar-refractivity contribution < 1.29 is 4.79 Å². The molecule has 3 rings (SSSR count). The van der Waals surface area contributed by atoms with Gasteiger partial charge in [-0.1, -0.05) is 0 Å². The number of rotatable bonds is 3. The van der Waals surface area contributed by atoms with E-state index in [-0.39, 0.29) is 11.9 Å². The molecule has 3 heterocycles. The summed E-state index contributed by atoms with van der Waals surface area (Å²) in [5.74, 6) is 0.640. The first-order valence-electron chi connectivity index (χ1n) is 7.92. The van der Waals surface area contributed by atoms with Gasteiger partial charge in [-0.15, -0.1) is 5.10 Å². The van der Waals surface area contributed by atoms with Crippen LogP contribution in [0.25, 0.3) is 0 Å². The molecule has 1 aliphatic rings. The highest BCUT2D eigenvalue weighted by atomic mass is 32.1. The van der Waals surface area contributed by atoms with Crippen molar-refractivity contribution in [2.45, 2.75) is 32.7 Å². The number of nitrogens with zero attached hydrogens (tertiary/aromatic N) is 4. The van der Waals surface area contributed by atoms with Crippen LogP contribution in [0.4, 0.5) is 5.82 Å². The van der Waals surface area contributed by atoms with Crippen molar-refractivity contribution in [2.75, 3.05) is 18.0 Å². The average molecular weight is 341 g/mol. The Morgan fingerprint density at radius 3 is 2.75 bits per heavy atom. The molecule has 1 amide bonds. The van der Waals surface area contributed by atoms with Crippen LogP contribution in [0.5, 0.6) is 0 Å². The van der Waals surface area contributed by atoms with Gasteiger partial charge in [0.2, 0.25) is 0 Å². The number of carbonyl (C=O) groups is 1. The van der Waals surface area contributed by atoms with Gasteiger partial charge in [0, 0.05) is 30.1 Å². The van der Waals surface area contributed by atoms with E-state index in [0.29, 0.717) is 16.9 Å². The molecule has 2 aromatic heterocycles. The minimum Gasteiger partial charge on any atom is -0.354 e. The smallest absolute Gasteiger partial charge is 0.252 e. The van der Waals surface area contributed by atoms with Crippen LogP contribution < -0.4 is 10.2 Å². The lowest BCUT2D eigenvalue weighted by molar-refractivity contribution is 0.0931. The predicted octanol–water partition coefficient (Wildman–Crippen LogP) is 2.43. The van der Waals surface area contributed by atoms with E-state index < -0.39 is 0 Å². The Labute approximate surface area is 145 Å². The molecule has 0 aromatic carbocycles. The highest BCUT2D eigenvalue weighted by molar-refractivity contribution is 7.08. The molecule has 0 spiro atoms. The predicted molar refractivity (Wildman–Crippen MR) is 93.2 cm³/mol. The fraction of sp³-hybridized carbons (Fsp3) is 0.412. The zero-order chi connectivity index (χ0) is 17.1. The summed E-state index contributed by atoms with van der Waals surface area (Å²) in [4.78, 5) is 14.2. The van der Waals surface area contributed by atoms with Gasteiger partial charge in [0.15, 0.2) is 5.82 Å². The summed E-state index contributed by atoms with van der Waals surface area (Å²) < 4.78 is 0. The summed E-state index contributed by atoms with van der Waals surface area (Å²) >= 11 is 1.52. The molecule has 24 heavy (non-hydrogen) atoms. The molecule has 1 saturated heterocycles. The Balaban J connectivity index is 1.65. The number of thiophene rings is 1. The second kappa shape index (κ2) is 6.97. The van der Waals surface area contributed by atoms with Crippen molar-refractivity contribution in [2.24, 2.45) is 0 Å². The van der Waals surface area contributed by atoms with Crippen molar-refractivity contribution in [1.29, 1.82) is 5.26 Å². The first-order chi connectivity index (χ1) is 11.6. The van der Waals surface area contributed by atoms with Gasteiger partial charge < -0.3 is 10.2 Å². The maximum Gasteiger partial charge on any atom is 0.252 e. The lowest BCUT2D eigenvalue weighted by atomic mass is 10.0. The van der Waals surface area contributed by atoms with Crippen LogP contribution >= 0.6 is 11.3 Å². The fourth-order valence-corrected chi connectivity index (χ4v) is 3.49. The molecular weight excluding hydrogens is 322 g/mol. The van der Waals surface area contributed by atoms with Gasteiger partial charge in [0.1, 0.15) is 11.6 Å². The molecule has 0 radical (unpaired) electrons. The summed E-state index contributed by atoms with van der Waals surface area (Å²) in [6, 6.07) is 4.24. The Morgan fingerprint density at radius 2 is 2.12 bits per heavy atom. The normalized spacial score (nSPS) is 15.1. The first-order valence-corrected chi connectivity index (χ1v) is 8.86. The van der Waals surface area contributed by atoms with E-state index in [2.05, 4.69) is 26.5 Å². The second-order valence-corrected chi connectivity index (χ2v) is 6.75. The Bertz CT molecular complexity index is 773. The van der Waals surface area contributed by atoms with Crippen molar-refractivity contribution >= 4 is 23.1 Å². The minimum absolute atomic E-state index is 0.0154. The topological polar surface area (TPSA) is 81.9 Å². The molecule has 6 nitrogen and oxygen atoms in total. The molecular formula is C17H19N5OS. The van der Waals surface area contributed by atoms with E-state index in [1.54, 1.807) is 0 Å². The standard InChI is InChI=1S/C17H19N5OS/c1-11-12(2)20-21-16(15(11)9-18)22-6-3-14(4-7-22)19-17(23)13-5-8-24-10-13/h5,8,10,14H,3-4,6-7H2,1-2H3,(H,19,23). The van der Waals surface area contributed by atoms with Crippen LogP contribution in [0.3, 0.4) is 0 Å². The summed E-state index contributed by atoms with van der Waals surface area (Å²) in [6.07, 6.45) is 1.66. The fourth-order valence-electron chi connectivity index (χ4n) is 2.85. The molecule has 0 atom stereocenters. The zero-order valence-corrected chi connectivity index (χ0v) is 14.6. The second-order valence-electron chi connectivity index (χ2n) is 5.97. The number of carbonyl (C=O) groups excluding carboxylic acids is 1. The summed E-state index contributed by atoms with van der Waals surface area (Å²) in [7, 11) is 0. The number of nitrogens with one attached hydrogen (secondary N) is 1. The average Bonchev–Trinajstić information content (AvgIpc) is 3.13. The molecule has 1 N–H and O–H groups in total. The number of hydrogen-bond donors (Lipinski definition) is 1. The number of nitriles is 1. The summed E-state index contributed by atoms with van der Waals surface area (Å²) in [6.45, 7) is 5.26. The number of piperidine rings is 1. The maximum absolute atomic E-state index is 12.1. The quantitative estimate of drug-likeness (QED) is 0.927. The van der Waals surface area contributed by atoms with Crippen LogP contribution in [-0.2, 0) is 0 Å². The van der Waals surface area contributed by atoms with Crippen molar-refractivity contribution in [1.82, 2.24) is 15.5 Å². The third-order valence-corrected chi connectivity index (χ3v) is 5.14. The Morgan fingerprint density at radius 1 is 1.38 bits per heavy atom. The van der Waals surface area contributed by atoms with Crippen LogP contribution in [-0.4, -0.2) is 35.2 Å². The van der Waals surface area contributed by atoms with Gasteiger partial charge in [-0.25, -0.2) is 0 Å². The molecule has 0 saturated carbocycles. The number of anilines is 1. The lowest BCUT2D eigenvalue weighted by Gasteiger charge is -2.33. The van der Waals surface area contributed by atoms with Crippen LogP contribution in [0.15, 0.2) is 16.8 Å². The van der Waals surface area contributed by atoms with Gasteiger partial charge in [0.05, 0.1) is 5.69 Å². The van der Waals surface area contributed by atoms with Crippen LogP contribution in [0.1, 0.15) is 40.0 Å². The lowest BCUT2D eigenvalue weighted by Crippen LogP contribution is -2.45. The van der Waals surface area contributed by atoms with Gasteiger partial charge in [-0.3, -0.25) is 4.79 Å². The summed E-state index contributed by atoms with van der Waals surface area (Å²) in [5.41, 5.74) is 2.99. The van der Waals surface area contributed by atoms with Gasteiger partial charge in [-0.2, -0.15) is 21.7 Å². The zero-order valence-electron chi connectivity index (χ0n) is 13.7. The molecule has 124 valence electrons. The van der Waals surface area contributed by atoms with Gasteiger partial charge >= 0.3 is 0 Å². The van der Waals surface area contributed by atoms with E-state index in [1.807, 2.05) is 30.7 Å². The molecule has 0 bridgehead atoms. The SMILES string of the molecule is Cc1nnc(N2CCC(NC(=O)c3ccsc3)CC2)c(C#N)c1C. The van der Waals surface area contributed by atoms with Crippen molar-refractivity contribution in [3.63, 3.8) is 0 Å². The number of aromatic nitrogens is 2. The Hall–Kier alpha value is -2.46. The van der Waals surface area contributed by atoms with Crippen molar-refractivity contribution in [3.8, 4) is 6.07 Å². The van der Waals surface area contributed by atoms with E-state index in [4.69, 9.17) is 0 Å². The van der Waals surface area contributed by atoms with Crippen LogP contribution in [0.2, 0.25) is 0 Å². The van der Waals surface area contributed by atoms with Gasteiger partial charge in [0.25, 0.3) is 5.91 Å². The minimum atomic E-state index is -0.0154. The molecule has 1 aliphatic heterocycles. The summed E-state index contributed by atoms with van der Waals surface area (Å²) in [5, 5.41) is 24.7. The van der Waals surface area contributed by atoms with Crippen molar-refractivity contribution in [3.05, 3.63) is 39.2 Å². The molecule has 1 fully saturated rings. The highest BCUT2D eigenvalue weighted by Crippen LogP contribution is 2.24. The molecule has 0 unspecified atom stereocenters. The van der Waals surface area contributed by atoms with E-state index in [1.165, 1.54) is 11.3 Å². The Kier molecular flexibility index (Phi) is 4.76. The molecule has 0 aliphatic carbocycles. The highest BCUT2D eigenvalue weighted by Gasteiger charge is 2.25. The molecule has 7 heteroatoms. The van der Waals surface area contributed by atoms with E-state index in [0.717, 1.165) is 37.2 Å².